The molecule has 0 saturated heterocycles. The van der Waals surface area contributed by atoms with Crippen molar-refractivity contribution in [3.8, 4) is 0 Å². The molecule has 2 nitrogen and oxygen atoms in total. The van der Waals surface area contributed by atoms with Gasteiger partial charge in [-0.15, -0.1) is 4.72 Å². The molecule has 2 unspecified atom stereocenters. The third kappa shape index (κ3) is 6.68. The van der Waals surface area contributed by atoms with Gasteiger partial charge in [0.15, 0.2) is 0 Å². The summed E-state index contributed by atoms with van der Waals surface area (Å²) >= 11 is -0.952. The van der Waals surface area contributed by atoms with E-state index in [1.165, 1.54) is 0 Å². The molecule has 3 heteroatoms. The van der Waals surface area contributed by atoms with Crippen LogP contribution in [0, 0.1) is 5.41 Å². The molecule has 2 atom stereocenters. The second-order valence-electron chi connectivity index (χ2n) is 6.16. The van der Waals surface area contributed by atoms with Crippen molar-refractivity contribution in [1.29, 1.82) is 0 Å². The van der Waals surface area contributed by atoms with E-state index in [4.69, 9.17) is 0 Å². The molecule has 14 heavy (non-hydrogen) atoms. The predicted octanol–water partition coefficient (Wildman–Crippen LogP) is 2.86. The molecule has 0 heterocycles. The quantitative estimate of drug-likeness (QED) is 0.741. The fourth-order valence-electron chi connectivity index (χ4n) is 1.32. The van der Waals surface area contributed by atoms with E-state index in [2.05, 4.69) is 32.4 Å². The molecule has 0 aromatic heterocycles. The lowest BCUT2D eigenvalue weighted by Gasteiger charge is -2.29. The molecule has 0 aliphatic carbocycles. The third-order valence-corrected chi connectivity index (χ3v) is 3.51. The fraction of sp³-hybridized carbons (Fsp3) is 1.00. The summed E-state index contributed by atoms with van der Waals surface area (Å²) in [4.78, 5) is 0. The van der Waals surface area contributed by atoms with E-state index in [0.717, 1.165) is 6.42 Å². The molecule has 0 saturated carbocycles. The molecule has 0 fully saturated rings. The minimum absolute atomic E-state index is 0.174. The zero-order chi connectivity index (χ0) is 11.6. The summed E-state index contributed by atoms with van der Waals surface area (Å²) in [5, 5.41) is 0. The van der Waals surface area contributed by atoms with Crippen molar-refractivity contribution in [3.05, 3.63) is 0 Å². The van der Waals surface area contributed by atoms with Crippen molar-refractivity contribution < 1.29 is 4.55 Å². The van der Waals surface area contributed by atoms with E-state index in [9.17, 15) is 4.55 Å². The van der Waals surface area contributed by atoms with Crippen molar-refractivity contribution in [1.82, 2.24) is 4.72 Å². The number of rotatable bonds is 3. The highest BCUT2D eigenvalue weighted by Crippen LogP contribution is 2.22. The van der Waals surface area contributed by atoms with Crippen molar-refractivity contribution >= 4 is 11.4 Å². The van der Waals surface area contributed by atoms with E-state index >= 15 is 0 Å². The van der Waals surface area contributed by atoms with Crippen LogP contribution in [-0.2, 0) is 11.4 Å². The Labute approximate surface area is 92.2 Å². The standard InChI is InChI=1S/C11H25NOS/c1-9(8-10(2,3)4)12-14(13)11(5,6)7/h9,12H,8H2,1-7H3. The van der Waals surface area contributed by atoms with Crippen molar-refractivity contribution in [2.24, 2.45) is 5.41 Å². The van der Waals surface area contributed by atoms with E-state index in [-0.39, 0.29) is 10.2 Å². The lowest BCUT2D eigenvalue weighted by Crippen LogP contribution is -2.44. The van der Waals surface area contributed by atoms with Crippen LogP contribution in [0.15, 0.2) is 0 Å². The number of hydrogen-bond acceptors (Lipinski definition) is 2. The first kappa shape index (κ1) is 14.3. The average Bonchev–Trinajstić information content (AvgIpc) is 1.79. The summed E-state index contributed by atoms with van der Waals surface area (Å²) in [7, 11) is 0. The number of nitrogens with one attached hydrogen (secondary N) is 1. The number of hydrogen-bond donors (Lipinski definition) is 1. The molecule has 1 N–H and O–H groups in total. The molecule has 0 aromatic carbocycles. The lowest BCUT2D eigenvalue weighted by atomic mass is 9.89. The Morgan fingerprint density at radius 3 is 1.86 bits per heavy atom. The highest BCUT2D eigenvalue weighted by molar-refractivity contribution is 7.90. The molecular weight excluding hydrogens is 194 g/mol. The maximum absolute atomic E-state index is 11.8. The Balaban J connectivity index is 4.01. The van der Waals surface area contributed by atoms with Gasteiger partial charge in [0.2, 0.25) is 0 Å². The van der Waals surface area contributed by atoms with Crippen molar-refractivity contribution in [2.75, 3.05) is 0 Å². The molecule has 0 spiro atoms. The normalized spacial score (nSPS) is 18.0. The summed E-state index contributed by atoms with van der Waals surface area (Å²) in [5.74, 6) is 0. The fourth-order valence-corrected chi connectivity index (χ4v) is 2.12. The molecule has 0 rings (SSSR count). The van der Waals surface area contributed by atoms with Crippen LogP contribution in [0.1, 0.15) is 54.9 Å². The van der Waals surface area contributed by atoms with Crippen LogP contribution in [0.5, 0.6) is 0 Å². The van der Waals surface area contributed by atoms with Crippen LogP contribution in [0.25, 0.3) is 0 Å². The Morgan fingerprint density at radius 2 is 1.57 bits per heavy atom. The van der Waals surface area contributed by atoms with Crippen molar-refractivity contribution in [3.63, 3.8) is 0 Å². The molecule has 0 aliphatic rings. The van der Waals surface area contributed by atoms with Crippen LogP contribution in [0.2, 0.25) is 0 Å². The molecule has 0 amide bonds. The van der Waals surface area contributed by atoms with Gasteiger partial charge in [-0.3, -0.25) is 0 Å². The summed E-state index contributed by atoms with van der Waals surface area (Å²) in [6.07, 6.45) is 1.04. The summed E-state index contributed by atoms with van der Waals surface area (Å²) in [5.41, 5.74) is 0.286. The van der Waals surface area contributed by atoms with Gasteiger partial charge in [0.05, 0.1) is 6.04 Å². The molecule has 0 bridgehead atoms. The Kier molecular flexibility index (Phi) is 4.96. The first-order chi connectivity index (χ1) is 6.02. The summed E-state index contributed by atoms with van der Waals surface area (Å²) in [6, 6.07) is 0.301. The Morgan fingerprint density at radius 1 is 1.14 bits per heavy atom. The lowest BCUT2D eigenvalue weighted by molar-refractivity contribution is 0.336. The minimum atomic E-state index is -0.952. The maximum Gasteiger partial charge on any atom is 0.136 e. The molecule has 0 aliphatic heterocycles. The van der Waals surface area contributed by atoms with Crippen LogP contribution in [-0.4, -0.2) is 15.3 Å². The van der Waals surface area contributed by atoms with E-state index in [1.54, 1.807) is 0 Å². The molecule has 0 radical (unpaired) electrons. The van der Waals surface area contributed by atoms with Crippen LogP contribution >= 0.6 is 0 Å². The zero-order valence-electron chi connectivity index (χ0n) is 10.6. The van der Waals surface area contributed by atoms with Gasteiger partial charge in [0.25, 0.3) is 0 Å². The highest BCUT2D eigenvalue weighted by Gasteiger charge is 2.29. The topological polar surface area (TPSA) is 35.1 Å². The van der Waals surface area contributed by atoms with Gasteiger partial charge >= 0.3 is 0 Å². The molecular formula is C11H25NOS. The smallest absolute Gasteiger partial charge is 0.136 e. The van der Waals surface area contributed by atoms with Crippen LogP contribution < -0.4 is 4.72 Å². The highest BCUT2D eigenvalue weighted by atomic mass is 32.2. The Bertz CT molecular complexity index is 169. The van der Waals surface area contributed by atoms with Gasteiger partial charge < -0.3 is 4.55 Å². The van der Waals surface area contributed by atoms with Gasteiger partial charge in [-0.25, -0.2) is 0 Å². The summed E-state index contributed by atoms with van der Waals surface area (Å²) < 4.78 is 14.7. The van der Waals surface area contributed by atoms with Crippen LogP contribution in [0.3, 0.4) is 0 Å². The minimum Gasteiger partial charge on any atom is -0.598 e. The molecule has 86 valence electrons. The first-order valence-corrected chi connectivity index (χ1v) is 6.35. The van der Waals surface area contributed by atoms with Crippen LogP contribution in [0.4, 0.5) is 0 Å². The van der Waals surface area contributed by atoms with E-state index in [1.807, 2.05) is 20.8 Å². The van der Waals surface area contributed by atoms with Gasteiger partial charge in [0.1, 0.15) is 4.75 Å². The first-order valence-electron chi connectivity index (χ1n) is 5.20. The SMILES string of the molecule is CC(CC(C)(C)C)N[S+]([O-])C(C)(C)C. The molecule has 0 aromatic rings. The van der Waals surface area contributed by atoms with E-state index < -0.39 is 11.4 Å². The van der Waals surface area contributed by atoms with Gasteiger partial charge in [0, 0.05) is 11.4 Å². The largest absolute Gasteiger partial charge is 0.598 e. The monoisotopic (exact) mass is 219 g/mol. The maximum atomic E-state index is 11.8. The second-order valence-corrected chi connectivity index (χ2v) is 8.16. The van der Waals surface area contributed by atoms with Gasteiger partial charge in [-0.2, -0.15) is 0 Å². The van der Waals surface area contributed by atoms with Gasteiger partial charge in [-0.05, 0) is 39.5 Å². The Hall–Kier alpha value is 0.270. The van der Waals surface area contributed by atoms with Gasteiger partial charge in [-0.1, -0.05) is 20.8 Å². The zero-order valence-corrected chi connectivity index (χ0v) is 11.4. The average molecular weight is 219 g/mol. The summed E-state index contributed by atoms with van der Waals surface area (Å²) in [6.45, 7) is 14.6. The second kappa shape index (κ2) is 4.86. The third-order valence-electron chi connectivity index (χ3n) is 1.78. The predicted molar refractivity (Wildman–Crippen MR) is 64.6 cm³/mol. The van der Waals surface area contributed by atoms with Crippen molar-refractivity contribution in [2.45, 2.75) is 65.7 Å². The van der Waals surface area contributed by atoms with E-state index in [0.29, 0.717) is 6.04 Å².